The van der Waals surface area contributed by atoms with Gasteiger partial charge < -0.3 is 10.4 Å². The number of piperidine rings is 1. The molecule has 18 heavy (non-hydrogen) atoms. The Kier molecular flexibility index (Phi) is 4.71. The Morgan fingerprint density at radius 1 is 1.33 bits per heavy atom. The van der Waals surface area contributed by atoms with Crippen molar-refractivity contribution in [1.29, 1.82) is 0 Å². The molecule has 1 aliphatic rings. The van der Waals surface area contributed by atoms with Crippen LogP contribution < -0.4 is 5.32 Å². The second-order valence-corrected chi connectivity index (χ2v) is 6.44. The molecule has 1 aromatic carbocycles. The van der Waals surface area contributed by atoms with E-state index >= 15 is 0 Å². The van der Waals surface area contributed by atoms with E-state index in [1.165, 1.54) is 10.5 Å². The minimum absolute atomic E-state index is 0.397. The first-order chi connectivity index (χ1) is 8.65. The van der Waals surface area contributed by atoms with E-state index in [-0.39, 0.29) is 0 Å². The summed E-state index contributed by atoms with van der Waals surface area (Å²) in [5, 5.41) is 14.3. The Balaban J connectivity index is 2.14. The highest BCUT2D eigenvalue weighted by atomic mass is 32.2. The van der Waals surface area contributed by atoms with Crippen molar-refractivity contribution < 1.29 is 5.11 Å². The summed E-state index contributed by atoms with van der Waals surface area (Å²) in [6.45, 7) is 6.26. The fourth-order valence-corrected chi connectivity index (χ4v) is 3.88. The fraction of sp³-hybridized carbons (Fsp3) is 0.600. The molecule has 3 heteroatoms. The zero-order valence-electron chi connectivity index (χ0n) is 11.3. The van der Waals surface area contributed by atoms with Crippen LogP contribution in [0.3, 0.4) is 0 Å². The number of hydrogen-bond donors (Lipinski definition) is 2. The number of aryl methyl sites for hydroxylation is 1. The van der Waals surface area contributed by atoms with Gasteiger partial charge in [-0.2, -0.15) is 0 Å². The number of thioether (sulfide) groups is 1. The molecule has 2 rings (SSSR count). The monoisotopic (exact) mass is 265 g/mol. The number of benzene rings is 1. The van der Waals surface area contributed by atoms with Gasteiger partial charge in [-0.15, -0.1) is 0 Å². The Morgan fingerprint density at radius 3 is 2.61 bits per heavy atom. The van der Waals surface area contributed by atoms with E-state index in [1.807, 2.05) is 6.07 Å². The molecular weight excluding hydrogens is 242 g/mol. The van der Waals surface area contributed by atoms with Crippen LogP contribution in [0.2, 0.25) is 0 Å². The van der Waals surface area contributed by atoms with Crippen LogP contribution in [-0.2, 0) is 0 Å². The van der Waals surface area contributed by atoms with Gasteiger partial charge in [0.15, 0.2) is 0 Å². The maximum absolute atomic E-state index is 11.0. The van der Waals surface area contributed by atoms with E-state index in [4.69, 9.17) is 0 Å². The summed E-state index contributed by atoms with van der Waals surface area (Å²) in [4.78, 5) is 0.592. The largest absolute Gasteiger partial charge is 0.379 e. The normalized spacial score (nSPS) is 20.6. The lowest BCUT2D eigenvalue weighted by Gasteiger charge is -2.37. The highest BCUT2D eigenvalue weighted by Crippen LogP contribution is 2.43. The van der Waals surface area contributed by atoms with Crippen molar-refractivity contribution in [2.75, 3.05) is 13.1 Å². The summed E-state index contributed by atoms with van der Waals surface area (Å²) < 4.78 is 0. The summed E-state index contributed by atoms with van der Waals surface area (Å²) in [6.07, 6.45) is 2.95. The van der Waals surface area contributed by atoms with Crippen molar-refractivity contribution in [2.45, 2.75) is 42.9 Å². The number of nitrogens with one attached hydrogen (secondary N) is 1. The molecule has 1 fully saturated rings. The SMILES string of the molecule is CCC(O)(Sc1ccccc1C)C1CCNCC1. The average Bonchev–Trinajstić information content (AvgIpc) is 2.42. The molecule has 0 aliphatic carbocycles. The van der Waals surface area contributed by atoms with Gasteiger partial charge in [0.1, 0.15) is 4.93 Å². The quantitative estimate of drug-likeness (QED) is 0.648. The van der Waals surface area contributed by atoms with Gasteiger partial charge in [0.05, 0.1) is 0 Å². The van der Waals surface area contributed by atoms with Crippen LogP contribution in [-0.4, -0.2) is 23.1 Å². The standard InChI is InChI=1S/C15H23NOS/c1-3-15(17,13-8-10-16-11-9-13)18-14-7-5-4-6-12(14)2/h4-7,13,16-17H,3,8-11H2,1-2H3. The molecule has 0 radical (unpaired) electrons. The molecule has 2 N–H and O–H groups in total. The van der Waals surface area contributed by atoms with Crippen LogP contribution in [0.25, 0.3) is 0 Å². The highest BCUT2D eigenvalue weighted by molar-refractivity contribution is 8.00. The van der Waals surface area contributed by atoms with Crippen LogP contribution in [0, 0.1) is 12.8 Å². The van der Waals surface area contributed by atoms with Gasteiger partial charge in [0, 0.05) is 4.90 Å². The molecule has 0 spiro atoms. The van der Waals surface area contributed by atoms with Gasteiger partial charge in [0.2, 0.25) is 0 Å². The van der Waals surface area contributed by atoms with Gasteiger partial charge in [-0.3, -0.25) is 0 Å². The third-order valence-corrected chi connectivity index (χ3v) is 5.52. The van der Waals surface area contributed by atoms with E-state index in [0.717, 1.165) is 32.4 Å². The van der Waals surface area contributed by atoms with Gasteiger partial charge in [-0.05, 0) is 56.8 Å². The van der Waals surface area contributed by atoms with Crippen molar-refractivity contribution >= 4 is 11.8 Å². The van der Waals surface area contributed by atoms with Gasteiger partial charge in [-0.25, -0.2) is 0 Å². The summed E-state index contributed by atoms with van der Waals surface area (Å²) in [5.74, 6) is 0.397. The second-order valence-electron chi connectivity index (χ2n) is 5.09. The lowest BCUT2D eigenvalue weighted by molar-refractivity contribution is 0.0515. The zero-order valence-corrected chi connectivity index (χ0v) is 12.1. The Hall–Kier alpha value is -0.510. The third kappa shape index (κ3) is 3.08. The molecule has 1 aliphatic heterocycles. The van der Waals surface area contributed by atoms with Crippen molar-refractivity contribution in [3.8, 4) is 0 Å². The van der Waals surface area contributed by atoms with Crippen molar-refractivity contribution in [3.05, 3.63) is 29.8 Å². The predicted molar refractivity (Wildman–Crippen MR) is 77.9 cm³/mol. The van der Waals surface area contributed by atoms with Crippen LogP contribution >= 0.6 is 11.8 Å². The number of rotatable bonds is 4. The van der Waals surface area contributed by atoms with Gasteiger partial charge in [0.25, 0.3) is 0 Å². The second kappa shape index (κ2) is 6.09. The average molecular weight is 265 g/mol. The molecular formula is C15H23NOS. The highest BCUT2D eigenvalue weighted by Gasteiger charge is 2.36. The minimum atomic E-state index is -0.617. The van der Waals surface area contributed by atoms with E-state index in [1.54, 1.807) is 11.8 Å². The smallest absolute Gasteiger partial charge is 0.117 e. The topological polar surface area (TPSA) is 32.3 Å². The lowest BCUT2D eigenvalue weighted by Crippen LogP contribution is -2.41. The fourth-order valence-electron chi connectivity index (χ4n) is 2.58. The maximum atomic E-state index is 11.0. The van der Waals surface area contributed by atoms with E-state index in [0.29, 0.717) is 5.92 Å². The molecule has 1 unspecified atom stereocenters. The molecule has 1 heterocycles. The molecule has 100 valence electrons. The van der Waals surface area contributed by atoms with Crippen LogP contribution in [0.5, 0.6) is 0 Å². The predicted octanol–water partition coefficient (Wildman–Crippen LogP) is 3.19. The zero-order chi connectivity index (χ0) is 13.0. The van der Waals surface area contributed by atoms with Crippen molar-refractivity contribution in [1.82, 2.24) is 5.32 Å². The van der Waals surface area contributed by atoms with E-state index < -0.39 is 4.93 Å². The number of aliphatic hydroxyl groups is 1. The molecule has 0 saturated carbocycles. The van der Waals surface area contributed by atoms with E-state index in [9.17, 15) is 5.11 Å². The lowest BCUT2D eigenvalue weighted by atomic mass is 9.90. The summed E-state index contributed by atoms with van der Waals surface area (Å²) in [7, 11) is 0. The van der Waals surface area contributed by atoms with Crippen LogP contribution in [0.4, 0.5) is 0 Å². The number of hydrogen-bond acceptors (Lipinski definition) is 3. The first kappa shape index (κ1) is 13.9. The first-order valence-electron chi connectivity index (χ1n) is 6.83. The van der Waals surface area contributed by atoms with Crippen LogP contribution in [0.1, 0.15) is 31.7 Å². The van der Waals surface area contributed by atoms with Crippen molar-refractivity contribution in [2.24, 2.45) is 5.92 Å². The van der Waals surface area contributed by atoms with Gasteiger partial charge >= 0.3 is 0 Å². The van der Waals surface area contributed by atoms with Crippen molar-refractivity contribution in [3.63, 3.8) is 0 Å². The Labute approximate surface area is 114 Å². The molecule has 0 amide bonds. The summed E-state index contributed by atoms with van der Waals surface area (Å²) in [5.41, 5.74) is 1.25. The first-order valence-corrected chi connectivity index (χ1v) is 7.65. The Bertz CT molecular complexity index is 390. The maximum Gasteiger partial charge on any atom is 0.117 e. The molecule has 0 aromatic heterocycles. The molecule has 1 atom stereocenters. The van der Waals surface area contributed by atoms with E-state index in [2.05, 4.69) is 37.4 Å². The third-order valence-electron chi connectivity index (χ3n) is 3.86. The molecule has 0 bridgehead atoms. The Morgan fingerprint density at radius 2 is 2.00 bits per heavy atom. The summed E-state index contributed by atoms with van der Waals surface area (Å²) in [6, 6.07) is 8.32. The van der Waals surface area contributed by atoms with Gasteiger partial charge in [-0.1, -0.05) is 36.9 Å². The van der Waals surface area contributed by atoms with Crippen LogP contribution in [0.15, 0.2) is 29.2 Å². The molecule has 2 nitrogen and oxygen atoms in total. The minimum Gasteiger partial charge on any atom is -0.379 e. The molecule has 1 saturated heterocycles. The molecule has 1 aromatic rings. The summed E-state index contributed by atoms with van der Waals surface area (Å²) >= 11 is 1.65.